The molecule has 3 aromatic rings. The Hall–Kier alpha value is -2.20. The van der Waals surface area contributed by atoms with Gasteiger partial charge < -0.3 is 9.47 Å². The molecule has 0 saturated carbocycles. The van der Waals surface area contributed by atoms with Crippen molar-refractivity contribution in [2.24, 2.45) is 0 Å². The number of aromatic nitrogens is 1. The molecule has 2 aromatic carbocycles. The highest BCUT2D eigenvalue weighted by Gasteiger charge is 2.19. The Morgan fingerprint density at radius 3 is 2.46 bits per heavy atom. The molecule has 122 valence electrons. The van der Waals surface area contributed by atoms with Gasteiger partial charge in [0.15, 0.2) is 0 Å². The molecule has 1 amide bonds. The molecule has 24 heavy (non-hydrogen) atoms. The number of amides is 1. The Labute approximate surface area is 146 Å². The molecule has 3 nitrogen and oxygen atoms in total. The van der Waals surface area contributed by atoms with Gasteiger partial charge in [-0.05, 0) is 17.7 Å². The van der Waals surface area contributed by atoms with Crippen LogP contribution in [0.15, 0.2) is 60.7 Å². The highest BCUT2D eigenvalue weighted by atomic mass is 32.2. The van der Waals surface area contributed by atoms with Gasteiger partial charge in [-0.1, -0.05) is 48.5 Å². The predicted octanol–water partition coefficient (Wildman–Crippen LogP) is 3.88. The largest absolute Gasteiger partial charge is 0.339 e. The van der Waals surface area contributed by atoms with E-state index in [4.69, 9.17) is 0 Å². The van der Waals surface area contributed by atoms with E-state index < -0.39 is 0 Å². The zero-order valence-corrected chi connectivity index (χ0v) is 14.3. The summed E-state index contributed by atoms with van der Waals surface area (Å²) in [5.74, 6) is 2.31. The zero-order valence-electron chi connectivity index (χ0n) is 13.5. The fraction of sp³-hybridized carbons (Fsp3) is 0.250. The fourth-order valence-corrected chi connectivity index (χ4v) is 4.18. The van der Waals surface area contributed by atoms with E-state index in [1.807, 2.05) is 47.0 Å². The molecular formula is C20H20N2OS. The van der Waals surface area contributed by atoms with Gasteiger partial charge in [-0.15, -0.1) is 0 Å². The van der Waals surface area contributed by atoms with Gasteiger partial charge in [0.1, 0.15) is 6.54 Å². The average molecular weight is 336 g/mol. The maximum Gasteiger partial charge on any atom is 0.242 e. The molecule has 4 rings (SSSR count). The lowest BCUT2D eigenvalue weighted by Crippen LogP contribution is -2.39. The molecule has 1 aliphatic rings. The molecule has 2 heterocycles. The summed E-state index contributed by atoms with van der Waals surface area (Å²) in [7, 11) is 0. The average Bonchev–Trinajstić information content (AvgIpc) is 3.02. The number of benzene rings is 2. The van der Waals surface area contributed by atoms with Gasteiger partial charge in [-0.2, -0.15) is 11.8 Å². The summed E-state index contributed by atoms with van der Waals surface area (Å²) in [6.07, 6.45) is 0. The Morgan fingerprint density at radius 2 is 1.67 bits per heavy atom. The molecule has 0 N–H and O–H groups in total. The summed E-state index contributed by atoms with van der Waals surface area (Å²) < 4.78 is 2.16. The summed E-state index contributed by atoms with van der Waals surface area (Å²) in [5, 5.41) is 1.18. The lowest BCUT2D eigenvalue weighted by Gasteiger charge is -2.27. The maximum atomic E-state index is 12.8. The molecule has 1 saturated heterocycles. The first-order valence-electron chi connectivity index (χ1n) is 8.32. The van der Waals surface area contributed by atoms with Crippen molar-refractivity contribution in [3.05, 3.63) is 60.7 Å². The fourth-order valence-electron chi connectivity index (χ4n) is 3.28. The summed E-state index contributed by atoms with van der Waals surface area (Å²) in [6, 6.07) is 20.8. The lowest BCUT2D eigenvalue weighted by molar-refractivity contribution is -0.131. The summed E-state index contributed by atoms with van der Waals surface area (Å²) in [6.45, 7) is 2.13. The van der Waals surface area contributed by atoms with E-state index in [1.165, 1.54) is 5.39 Å². The molecular weight excluding hydrogens is 316 g/mol. The van der Waals surface area contributed by atoms with Gasteiger partial charge in [0, 0.05) is 41.2 Å². The van der Waals surface area contributed by atoms with Gasteiger partial charge >= 0.3 is 0 Å². The number of para-hydroxylation sites is 1. The number of fused-ring (bicyclic) bond motifs is 1. The van der Waals surface area contributed by atoms with Crippen molar-refractivity contribution in [3.63, 3.8) is 0 Å². The van der Waals surface area contributed by atoms with Crippen molar-refractivity contribution in [1.29, 1.82) is 0 Å². The Balaban J connectivity index is 1.74. The van der Waals surface area contributed by atoms with E-state index in [1.54, 1.807) is 0 Å². The summed E-state index contributed by atoms with van der Waals surface area (Å²) in [4.78, 5) is 14.8. The van der Waals surface area contributed by atoms with Crippen LogP contribution in [0.3, 0.4) is 0 Å². The molecule has 1 aliphatic heterocycles. The number of nitrogens with zero attached hydrogens (tertiary/aromatic N) is 2. The van der Waals surface area contributed by atoms with Crippen LogP contribution in [0, 0.1) is 0 Å². The van der Waals surface area contributed by atoms with Crippen LogP contribution in [0.4, 0.5) is 0 Å². The second-order valence-corrected chi connectivity index (χ2v) is 7.26. The summed E-state index contributed by atoms with van der Waals surface area (Å²) >= 11 is 1.93. The zero-order chi connectivity index (χ0) is 16.4. The van der Waals surface area contributed by atoms with Crippen LogP contribution >= 0.6 is 11.8 Å². The van der Waals surface area contributed by atoms with Crippen molar-refractivity contribution >= 4 is 28.6 Å². The van der Waals surface area contributed by atoms with Gasteiger partial charge in [-0.25, -0.2) is 0 Å². The predicted molar refractivity (Wildman–Crippen MR) is 101 cm³/mol. The van der Waals surface area contributed by atoms with E-state index >= 15 is 0 Å². The number of carbonyl (C=O) groups excluding carboxylic acids is 1. The topological polar surface area (TPSA) is 25.2 Å². The first kappa shape index (κ1) is 15.3. The van der Waals surface area contributed by atoms with E-state index in [2.05, 4.69) is 34.9 Å². The molecule has 4 heteroatoms. The van der Waals surface area contributed by atoms with Gasteiger partial charge in [0.05, 0.1) is 0 Å². The van der Waals surface area contributed by atoms with Crippen molar-refractivity contribution in [2.45, 2.75) is 6.54 Å². The number of hydrogen-bond acceptors (Lipinski definition) is 2. The van der Waals surface area contributed by atoms with Crippen molar-refractivity contribution < 1.29 is 4.79 Å². The van der Waals surface area contributed by atoms with Gasteiger partial charge in [-0.3, -0.25) is 4.79 Å². The quantitative estimate of drug-likeness (QED) is 0.725. The molecule has 1 fully saturated rings. The monoisotopic (exact) mass is 336 g/mol. The third-order valence-corrected chi connectivity index (χ3v) is 5.48. The summed E-state index contributed by atoms with van der Waals surface area (Å²) in [5.41, 5.74) is 3.38. The lowest BCUT2D eigenvalue weighted by atomic mass is 10.1. The minimum atomic E-state index is 0.217. The Bertz CT molecular complexity index is 850. The molecule has 0 atom stereocenters. The minimum Gasteiger partial charge on any atom is -0.339 e. The number of thioether (sulfide) groups is 1. The molecule has 0 aliphatic carbocycles. The van der Waals surface area contributed by atoms with Gasteiger partial charge in [0.25, 0.3) is 0 Å². The highest BCUT2D eigenvalue weighted by Crippen LogP contribution is 2.28. The van der Waals surface area contributed by atoms with Crippen molar-refractivity contribution in [3.8, 4) is 11.3 Å². The van der Waals surface area contributed by atoms with Crippen molar-refractivity contribution in [1.82, 2.24) is 9.47 Å². The van der Waals surface area contributed by atoms with Crippen LogP contribution in [0.25, 0.3) is 22.2 Å². The van der Waals surface area contributed by atoms with Crippen LogP contribution in [-0.4, -0.2) is 40.0 Å². The maximum absolute atomic E-state index is 12.8. The van der Waals surface area contributed by atoms with E-state index in [0.717, 1.165) is 41.4 Å². The number of hydrogen-bond donors (Lipinski definition) is 0. The van der Waals surface area contributed by atoms with Crippen LogP contribution < -0.4 is 0 Å². The van der Waals surface area contributed by atoms with Crippen molar-refractivity contribution in [2.75, 3.05) is 24.6 Å². The highest BCUT2D eigenvalue weighted by molar-refractivity contribution is 7.99. The Morgan fingerprint density at radius 1 is 0.958 bits per heavy atom. The minimum absolute atomic E-state index is 0.217. The first-order valence-corrected chi connectivity index (χ1v) is 9.47. The van der Waals surface area contributed by atoms with Crippen LogP contribution in [-0.2, 0) is 11.3 Å². The molecule has 0 spiro atoms. The second kappa shape index (κ2) is 6.73. The molecule has 0 bridgehead atoms. The van der Waals surface area contributed by atoms with Crippen LogP contribution in [0.5, 0.6) is 0 Å². The standard InChI is InChI=1S/C20H20N2OS/c23-20(21-10-12-24-13-11-21)15-22-18-9-5-4-8-17(18)14-19(22)16-6-2-1-3-7-16/h1-9,14H,10-13,15H2. The third-order valence-electron chi connectivity index (χ3n) is 4.54. The first-order chi connectivity index (χ1) is 11.8. The number of carbonyl (C=O) groups is 1. The Kier molecular flexibility index (Phi) is 4.30. The van der Waals surface area contributed by atoms with Crippen LogP contribution in [0.1, 0.15) is 0 Å². The van der Waals surface area contributed by atoms with Crippen LogP contribution in [0.2, 0.25) is 0 Å². The van der Waals surface area contributed by atoms with E-state index in [-0.39, 0.29) is 5.91 Å². The van der Waals surface area contributed by atoms with E-state index in [0.29, 0.717) is 6.54 Å². The smallest absolute Gasteiger partial charge is 0.242 e. The molecule has 0 radical (unpaired) electrons. The second-order valence-electron chi connectivity index (χ2n) is 6.03. The van der Waals surface area contributed by atoms with E-state index in [9.17, 15) is 4.79 Å². The normalized spacial score (nSPS) is 14.9. The molecule has 1 aromatic heterocycles. The third kappa shape index (κ3) is 2.94. The van der Waals surface area contributed by atoms with Gasteiger partial charge in [0.2, 0.25) is 5.91 Å². The SMILES string of the molecule is O=C(Cn1c(-c2ccccc2)cc2ccccc21)N1CCSCC1. The number of rotatable bonds is 3. The molecule has 0 unspecified atom stereocenters.